The number of allylic oxidation sites excluding steroid dienone is 1. The van der Waals surface area contributed by atoms with E-state index < -0.39 is 0 Å². The molecule has 0 saturated carbocycles. The van der Waals surface area contributed by atoms with Gasteiger partial charge in [-0.2, -0.15) is 0 Å². The maximum atomic E-state index is 2.50. The van der Waals surface area contributed by atoms with Crippen molar-refractivity contribution in [1.82, 2.24) is 0 Å². The minimum Gasteiger partial charge on any atom is -0.310 e. The van der Waals surface area contributed by atoms with Gasteiger partial charge in [0.1, 0.15) is 0 Å². The average Bonchev–Trinajstić information content (AvgIpc) is 3.55. The lowest BCUT2D eigenvalue weighted by atomic mass is 9.72. The van der Waals surface area contributed by atoms with Crippen LogP contribution in [0.4, 0.5) is 17.1 Å². The highest BCUT2D eigenvalue weighted by atomic mass is 15.1. The normalized spacial score (nSPS) is 15.1. The smallest absolute Gasteiger partial charge is 0.0465 e. The number of fused-ring (bicyclic) bond motifs is 7. The summed E-state index contributed by atoms with van der Waals surface area (Å²) >= 11 is 0. The summed E-state index contributed by atoms with van der Waals surface area (Å²) in [4.78, 5) is 2.38. The molecule has 0 heterocycles. The molecule has 0 amide bonds. The summed E-state index contributed by atoms with van der Waals surface area (Å²) in [6.07, 6.45) is 4.63. The summed E-state index contributed by atoms with van der Waals surface area (Å²) in [6.45, 7) is 9.75. The number of nitrogens with zero attached hydrogens (tertiary/aromatic N) is 1. The van der Waals surface area contributed by atoms with Crippen molar-refractivity contribution >= 4 is 23.1 Å². The molecular weight excluding hydrogens is 627 g/mol. The summed E-state index contributed by atoms with van der Waals surface area (Å²) in [7, 11) is 0. The Labute approximate surface area is 308 Å². The predicted octanol–water partition coefficient (Wildman–Crippen LogP) is 13.6. The lowest BCUT2D eigenvalue weighted by Crippen LogP contribution is -2.24. The van der Waals surface area contributed by atoms with Gasteiger partial charge in [0.05, 0.1) is 0 Å². The van der Waals surface area contributed by atoms with E-state index in [4.69, 9.17) is 0 Å². The van der Waals surface area contributed by atoms with E-state index >= 15 is 0 Å². The van der Waals surface area contributed by atoms with E-state index in [0.717, 1.165) is 11.4 Å². The number of anilines is 3. The maximum Gasteiger partial charge on any atom is 0.0465 e. The number of hydrogen-bond acceptors (Lipinski definition) is 1. The van der Waals surface area contributed by atoms with Crippen molar-refractivity contribution in [1.29, 1.82) is 0 Å². The number of hydrogen-bond donors (Lipinski definition) is 0. The van der Waals surface area contributed by atoms with Crippen molar-refractivity contribution < 1.29 is 0 Å². The SMILES string of the molecule is CC1(C)c2cc(C(/C=C/c3ccccc3)c3ccccc3)ccc2-c2ccc3c(c21)C(C)(C)c1cc(N(c2ccccc2)c2ccccc2)ccc1-3. The second kappa shape index (κ2) is 12.4. The van der Waals surface area contributed by atoms with Gasteiger partial charge in [0.25, 0.3) is 0 Å². The second-order valence-corrected chi connectivity index (χ2v) is 15.4. The van der Waals surface area contributed by atoms with E-state index in [0.29, 0.717) is 0 Å². The van der Waals surface area contributed by atoms with Crippen molar-refractivity contribution in [2.45, 2.75) is 44.4 Å². The molecule has 252 valence electrons. The van der Waals surface area contributed by atoms with Crippen LogP contribution in [0.2, 0.25) is 0 Å². The van der Waals surface area contributed by atoms with E-state index in [2.05, 4.69) is 215 Å². The number of benzene rings is 7. The zero-order valence-corrected chi connectivity index (χ0v) is 30.3. The summed E-state index contributed by atoms with van der Waals surface area (Å²) in [6, 6.07) is 62.1. The third-order valence-electron chi connectivity index (χ3n) is 11.5. The van der Waals surface area contributed by atoms with Crippen LogP contribution in [-0.2, 0) is 10.8 Å². The topological polar surface area (TPSA) is 3.24 Å². The molecule has 1 heteroatoms. The summed E-state index contributed by atoms with van der Waals surface area (Å²) in [5.74, 6) is 0.147. The van der Waals surface area contributed by atoms with Crippen molar-refractivity contribution in [3.63, 3.8) is 0 Å². The molecule has 2 aliphatic rings. The molecule has 0 N–H and O–H groups in total. The molecule has 7 aromatic rings. The monoisotopic (exact) mass is 669 g/mol. The molecule has 2 aliphatic carbocycles. The van der Waals surface area contributed by atoms with Crippen LogP contribution < -0.4 is 4.90 Å². The zero-order valence-electron chi connectivity index (χ0n) is 30.3. The van der Waals surface area contributed by atoms with Gasteiger partial charge in [-0.05, 0) is 97.6 Å². The van der Waals surface area contributed by atoms with Crippen LogP contribution in [0.5, 0.6) is 0 Å². The molecule has 0 aromatic heterocycles. The second-order valence-electron chi connectivity index (χ2n) is 15.4. The van der Waals surface area contributed by atoms with E-state index in [-0.39, 0.29) is 16.7 Å². The Morgan fingerprint density at radius 3 is 1.44 bits per heavy atom. The minimum atomic E-state index is -0.182. The first-order valence-electron chi connectivity index (χ1n) is 18.5. The van der Waals surface area contributed by atoms with Crippen molar-refractivity contribution in [3.05, 3.63) is 215 Å². The van der Waals surface area contributed by atoms with Gasteiger partial charge in [-0.25, -0.2) is 0 Å². The van der Waals surface area contributed by atoms with Crippen LogP contribution in [0.1, 0.15) is 72.6 Å². The predicted molar refractivity (Wildman–Crippen MR) is 220 cm³/mol. The van der Waals surface area contributed by atoms with E-state index in [1.54, 1.807) is 0 Å². The fraction of sp³-hybridized carbons (Fsp3) is 0.137. The highest BCUT2D eigenvalue weighted by Crippen LogP contribution is 2.59. The molecule has 0 saturated heterocycles. The Morgan fingerprint density at radius 1 is 0.423 bits per heavy atom. The number of para-hydroxylation sites is 2. The standard InChI is InChI=1S/C51H43N/c1-50(2)46-33-37(41(36-19-11-6-12-20-36)28-25-35-17-9-5-10-18-35)26-29-42(46)44-31-32-45-43-30-27-40(34-47(43)51(3,4)49(45)48(44)50)52(38-21-13-7-14-22-38)39-23-15-8-16-24-39/h5-34,41H,1-4H3/b28-25+. The Kier molecular flexibility index (Phi) is 7.63. The van der Waals surface area contributed by atoms with Crippen LogP contribution >= 0.6 is 0 Å². The molecule has 0 aliphatic heterocycles. The molecule has 0 spiro atoms. The van der Waals surface area contributed by atoms with Crippen molar-refractivity contribution in [2.24, 2.45) is 0 Å². The van der Waals surface area contributed by atoms with Crippen LogP contribution in [-0.4, -0.2) is 0 Å². The van der Waals surface area contributed by atoms with Gasteiger partial charge in [-0.3, -0.25) is 0 Å². The van der Waals surface area contributed by atoms with Gasteiger partial charge >= 0.3 is 0 Å². The van der Waals surface area contributed by atoms with Gasteiger partial charge in [0.15, 0.2) is 0 Å². The highest BCUT2D eigenvalue weighted by Gasteiger charge is 2.46. The average molecular weight is 670 g/mol. The van der Waals surface area contributed by atoms with Gasteiger partial charge in [-0.15, -0.1) is 0 Å². The molecule has 1 nitrogen and oxygen atoms in total. The van der Waals surface area contributed by atoms with Gasteiger partial charge in [0, 0.05) is 33.8 Å². The fourth-order valence-corrected chi connectivity index (χ4v) is 9.00. The first-order chi connectivity index (χ1) is 25.3. The highest BCUT2D eigenvalue weighted by molar-refractivity contribution is 5.92. The number of rotatable bonds is 7. The Balaban J connectivity index is 1.14. The van der Waals surface area contributed by atoms with Crippen LogP contribution in [0, 0.1) is 0 Å². The van der Waals surface area contributed by atoms with E-state index in [1.807, 2.05) is 0 Å². The van der Waals surface area contributed by atoms with E-state index in [9.17, 15) is 0 Å². The quantitative estimate of drug-likeness (QED) is 0.163. The Bertz CT molecular complexity index is 2400. The first-order valence-corrected chi connectivity index (χ1v) is 18.5. The molecule has 1 unspecified atom stereocenters. The third kappa shape index (κ3) is 5.15. The first kappa shape index (κ1) is 32.0. The van der Waals surface area contributed by atoms with Gasteiger partial charge < -0.3 is 4.90 Å². The Morgan fingerprint density at radius 2 is 0.885 bits per heavy atom. The molecular formula is C51H43N. The molecule has 9 rings (SSSR count). The molecule has 1 atom stereocenters. The molecule has 0 radical (unpaired) electrons. The van der Waals surface area contributed by atoms with E-state index in [1.165, 1.54) is 66.9 Å². The maximum absolute atomic E-state index is 2.50. The zero-order chi connectivity index (χ0) is 35.5. The largest absolute Gasteiger partial charge is 0.310 e. The Hall–Kier alpha value is -5.92. The molecule has 7 aromatic carbocycles. The van der Waals surface area contributed by atoms with Gasteiger partial charge in [-0.1, -0.05) is 173 Å². The molecule has 52 heavy (non-hydrogen) atoms. The minimum absolute atomic E-state index is 0.147. The fourth-order valence-electron chi connectivity index (χ4n) is 9.00. The van der Waals surface area contributed by atoms with Crippen molar-refractivity contribution in [2.75, 3.05) is 4.90 Å². The molecule has 0 bridgehead atoms. The lowest BCUT2D eigenvalue weighted by molar-refractivity contribution is 0.600. The van der Waals surface area contributed by atoms with Crippen LogP contribution in [0.15, 0.2) is 176 Å². The van der Waals surface area contributed by atoms with Gasteiger partial charge in [0.2, 0.25) is 0 Å². The summed E-state index contributed by atoms with van der Waals surface area (Å²) < 4.78 is 0. The van der Waals surface area contributed by atoms with Crippen LogP contribution in [0.25, 0.3) is 28.3 Å². The van der Waals surface area contributed by atoms with Crippen LogP contribution in [0.3, 0.4) is 0 Å². The summed E-state index contributed by atoms with van der Waals surface area (Å²) in [5.41, 5.74) is 18.2. The third-order valence-corrected chi connectivity index (χ3v) is 11.5. The van der Waals surface area contributed by atoms with Crippen molar-refractivity contribution in [3.8, 4) is 22.3 Å². The summed E-state index contributed by atoms with van der Waals surface area (Å²) in [5, 5.41) is 0. The lowest BCUT2D eigenvalue weighted by Gasteiger charge is -2.31. The molecule has 0 fully saturated rings.